The Hall–Kier alpha value is -4.00. The lowest BCUT2D eigenvalue weighted by molar-refractivity contribution is -0.158. The van der Waals surface area contributed by atoms with Gasteiger partial charge in [0.1, 0.15) is 0 Å². The van der Waals surface area contributed by atoms with Gasteiger partial charge in [0.2, 0.25) is 0 Å². The number of fused-ring (bicyclic) bond motifs is 6. The second-order valence-corrected chi connectivity index (χ2v) is 8.85. The van der Waals surface area contributed by atoms with E-state index in [1.54, 1.807) is 27.7 Å². The fourth-order valence-electron chi connectivity index (χ4n) is 6.14. The summed E-state index contributed by atoms with van der Waals surface area (Å²) in [5.74, 6) is -2.76. The number of carbonyl (C=O) groups is 4. The number of esters is 3. The van der Waals surface area contributed by atoms with Crippen molar-refractivity contribution in [2.24, 2.45) is 10.8 Å². The molecule has 2 bridgehead atoms. The molecule has 0 heterocycles. The highest BCUT2D eigenvalue weighted by molar-refractivity contribution is 6.45. The largest absolute Gasteiger partial charge is 0.465 e. The molecular weight excluding hydrogens is 460 g/mol. The summed E-state index contributed by atoms with van der Waals surface area (Å²) in [6.07, 6.45) is 2.59. The molecule has 184 valence electrons. The predicted octanol–water partition coefficient (Wildman–Crippen LogP) is 4.20. The van der Waals surface area contributed by atoms with Gasteiger partial charge in [-0.2, -0.15) is 0 Å². The van der Waals surface area contributed by atoms with E-state index < -0.39 is 34.5 Å². The van der Waals surface area contributed by atoms with E-state index in [4.69, 9.17) is 14.2 Å². The number of Topliss-reactive ketones (excluding diaryl/α,β-unsaturated/α-hetero) is 1. The van der Waals surface area contributed by atoms with Crippen LogP contribution in [0.4, 0.5) is 0 Å². The summed E-state index contributed by atoms with van der Waals surface area (Å²) in [6.45, 7) is 6.92. The standard InChI is InChI=1S/C29H26O7/c1-5-34-21(30)15-14-20-16(4)28(26(32)35-6-2)23-18-12-8-10-17-11-9-13-19(22(17)18)24(23)29(20,25(28)31)27(33)36-7-3/h8-15H,5-7H2,1-4H3/b15-14+/t28-,29+/m1/s1. The van der Waals surface area contributed by atoms with E-state index in [9.17, 15) is 19.2 Å². The van der Waals surface area contributed by atoms with Gasteiger partial charge in [0.05, 0.1) is 19.8 Å². The molecule has 0 saturated carbocycles. The Bertz CT molecular complexity index is 1450. The Morgan fingerprint density at radius 2 is 1.33 bits per heavy atom. The highest BCUT2D eigenvalue weighted by atomic mass is 16.5. The molecule has 0 fully saturated rings. The Labute approximate surface area is 208 Å². The molecule has 0 aromatic heterocycles. The number of carbonyl (C=O) groups excluding carboxylic acids is 4. The number of ether oxygens (including phenoxy) is 3. The van der Waals surface area contributed by atoms with Gasteiger partial charge in [0.25, 0.3) is 0 Å². The summed E-state index contributed by atoms with van der Waals surface area (Å²) in [7, 11) is 0. The van der Waals surface area contributed by atoms with Crippen LogP contribution in [0.1, 0.15) is 38.8 Å². The SMILES string of the molecule is CCOC(=O)/C=C/C1=C(C)[C@]2(C(=O)OCC)C(=O)[C@@]1(C(=O)OCC)C1=C2c2cccc3cccc1c23. The van der Waals surface area contributed by atoms with Crippen LogP contribution in [-0.4, -0.2) is 43.5 Å². The lowest BCUT2D eigenvalue weighted by Gasteiger charge is -2.30. The third kappa shape index (κ3) is 2.63. The van der Waals surface area contributed by atoms with Gasteiger partial charge in [-0.15, -0.1) is 0 Å². The molecule has 2 aromatic carbocycles. The second-order valence-electron chi connectivity index (χ2n) is 8.85. The number of rotatable bonds is 7. The van der Waals surface area contributed by atoms with Gasteiger partial charge in [-0.25, -0.2) is 4.79 Å². The van der Waals surface area contributed by atoms with E-state index in [0.29, 0.717) is 22.3 Å². The third-order valence-corrected chi connectivity index (χ3v) is 7.33. The van der Waals surface area contributed by atoms with Gasteiger partial charge in [-0.3, -0.25) is 14.4 Å². The van der Waals surface area contributed by atoms with Crippen molar-refractivity contribution >= 4 is 45.6 Å². The maximum Gasteiger partial charge on any atom is 0.330 e. The van der Waals surface area contributed by atoms with Crippen LogP contribution in [0.25, 0.3) is 21.9 Å². The average molecular weight is 487 g/mol. The van der Waals surface area contributed by atoms with Crippen LogP contribution < -0.4 is 0 Å². The lowest BCUT2D eigenvalue weighted by atomic mass is 9.71. The molecule has 0 amide bonds. The molecule has 3 aliphatic rings. The van der Waals surface area contributed by atoms with Gasteiger partial charge < -0.3 is 14.2 Å². The minimum atomic E-state index is -1.92. The normalized spacial score (nSPS) is 23.6. The molecule has 7 heteroatoms. The first-order valence-corrected chi connectivity index (χ1v) is 12.1. The van der Waals surface area contributed by atoms with Crippen molar-refractivity contribution in [2.45, 2.75) is 27.7 Å². The average Bonchev–Trinajstić information content (AvgIpc) is 3.38. The van der Waals surface area contributed by atoms with E-state index in [1.165, 1.54) is 12.2 Å². The van der Waals surface area contributed by atoms with Crippen molar-refractivity contribution in [3.8, 4) is 0 Å². The highest BCUT2D eigenvalue weighted by Crippen LogP contribution is 2.73. The van der Waals surface area contributed by atoms with Gasteiger partial charge in [-0.1, -0.05) is 36.4 Å². The summed E-state index contributed by atoms with van der Waals surface area (Å²) in [5.41, 5.74) is -0.841. The van der Waals surface area contributed by atoms with Crippen molar-refractivity contribution in [3.63, 3.8) is 0 Å². The van der Waals surface area contributed by atoms with Crippen molar-refractivity contribution in [1.82, 2.24) is 0 Å². The molecule has 3 aliphatic carbocycles. The summed E-state index contributed by atoms with van der Waals surface area (Å²) < 4.78 is 16.0. The smallest absolute Gasteiger partial charge is 0.330 e. The Morgan fingerprint density at radius 3 is 1.89 bits per heavy atom. The van der Waals surface area contributed by atoms with Crippen LogP contribution in [0.15, 0.2) is 59.7 Å². The predicted molar refractivity (Wildman–Crippen MR) is 132 cm³/mol. The van der Waals surface area contributed by atoms with Gasteiger partial charge in [0.15, 0.2) is 16.6 Å². The first-order valence-electron chi connectivity index (χ1n) is 12.1. The zero-order valence-electron chi connectivity index (χ0n) is 20.6. The summed E-state index contributed by atoms with van der Waals surface area (Å²) >= 11 is 0. The highest BCUT2D eigenvalue weighted by Gasteiger charge is 2.77. The topological polar surface area (TPSA) is 96.0 Å². The maximum absolute atomic E-state index is 14.5. The number of allylic oxidation sites excluding steroid dienone is 1. The van der Waals surface area contributed by atoms with Crippen molar-refractivity contribution in [1.29, 1.82) is 0 Å². The summed E-state index contributed by atoms with van der Waals surface area (Å²) in [5, 5.41) is 1.79. The molecular formula is C29H26O7. The van der Waals surface area contributed by atoms with Crippen LogP contribution >= 0.6 is 0 Å². The molecule has 0 saturated heterocycles. The van der Waals surface area contributed by atoms with Crippen LogP contribution in [0.5, 0.6) is 0 Å². The minimum absolute atomic E-state index is 0.0357. The first kappa shape index (κ1) is 23.7. The van der Waals surface area contributed by atoms with E-state index in [0.717, 1.165) is 16.3 Å². The molecule has 36 heavy (non-hydrogen) atoms. The number of hydrogen-bond donors (Lipinski definition) is 0. The summed E-state index contributed by atoms with van der Waals surface area (Å²) in [4.78, 5) is 54.4. The van der Waals surface area contributed by atoms with E-state index in [-0.39, 0.29) is 25.4 Å². The van der Waals surface area contributed by atoms with Crippen LogP contribution in [0.2, 0.25) is 0 Å². The first-order chi connectivity index (χ1) is 17.3. The van der Waals surface area contributed by atoms with Gasteiger partial charge in [0, 0.05) is 6.08 Å². The lowest BCUT2D eigenvalue weighted by Crippen LogP contribution is -2.44. The van der Waals surface area contributed by atoms with Crippen LogP contribution in [-0.2, 0) is 33.4 Å². The minimum Gasteiger partial charge on any atom is -0.465 e. The molecule has 0 unspecified atom stereocenters. The molecule has 2 aromatic rings. The number of benzene rings is 2. The molecule has 0 N–H and O–H groups in total. The Balaban J connectivity index is 1.90. The molecule has 0 radical (unpaired) electrons. The van der Waals surface area contributed by atoms with E-state index in [1.807, 2.05) is 36.4 Å². The quantitative estimate of drug-likeness (QED) is 0.251. The number of hydrogen-bond acceptors (Lipinski definition) is 7. The Morgan fingerprint density at radius 1 is 0.806 bits per heavy atom. The van der Waals surface area contributed by atoms with Crippen LogP contribution in [0.3, 0.4) is 0 Å². The van der Waals surface area contributed by atoms with E-state index >= 15 is 0 Å². The van der Waals surface area contributed by atoms with Crippen molar-refractivity contribution in [3.05, 3.63) is 70.8 Å². The summed E-state index contributed by atoms with van der Waals surface area (Å²) in [6, 6.07) is 11.3. The zero-order valence-corrected chi connectivity index (χ0v) is 20.6. The fraction of sp³-hybridized carbons (Fsp3) is 0.310. The van der Waals surface area contributed by atoms with Crippen LogP contribution in [0, 0.1) is 10.8 Å². The second kappa shape index (κ2) is 8.29. The fourth-order valence-corrected chi connectivity index (χ4v) is 6.14. The van der Waals surface area contributed by atoms with Gasteiger partial charge in [-0.05, 0) is 78.0 Å². The zero-order chi connectivity index (χ0) is 25.8. The molecule has 0 spiro atoms. The van der Waals surface area contributed by atoms with Gasteiger partial charge >= 0.3 is 17.9 Å². The number of ketones is 1. The monoisotopic (exact) mass is 486 g/mol. The third-order valence-electron chi connectivity index (χ3n) is 7.33. The van der Waals surface area contributed by atoms with Crippen molar-refractivity contribution in [2.75, 3.05) is 19.8 Å². The molecule has 7 nitrogen and oxygen atoms in total. The van der Waals surface area contributed by atoms with E-state index in [2.05, 4.69) is 0 Å². The Kier molecular flexibility index (Phi) is 5.47. The maximum atomic E-state index is 14.5. The molecule has 0 aliphatic heterocycles. The molecule has 2 atom stereocenters. The van der Waals surface area contributed by atoms with Crippen molar-refractivity contribution < 1.29 is 33.4 Å². The molecule has 5 rings (SSSR count).